The van der Waals surface area contributed by atoms with Gasteiger partial charge in [-0.15, -0.1) is 11.8 Å². The number of fused-ring (bicyclic) bond motifs is 2. The van der Waals surface area contributed by atoms with Crippen LogP contribution in [0.5, 0.6) is 0 Å². The van der Waals surface area contributed by atoms with Gasteiger partial charge in [0, 0.05) is 10.9 Å². The van der Waals surface area contributed by atoms with Gasteiger partial charge >= 0.3 is 0 Å². The first-order valence-corrected chi connectivity index (χ1v) is 8.18. The van der Waals surface area contributed by atoms with Crippen LogP contribution in [0.15, 0.2) is 29.2 Å². The Labute approximate surface area is 119 Å². The number of benzene rings is 1. The summed E-state index contributed by atoms with van der Waals surface area (Å²) in [4.78, 5) is 13.2. The minimum Gasteiger partial charge on any atom is -0.352 e. The molecule has 102 valence electrons. The molecule has 0 heterocycles. The first-order chi connectivity index (χ1) is 9.20. The molecule has 19 heavy (non-hydrogen) atoms. The average Bonchev–Trinajstić information content (AvgIpc) is 3.00. The van der Waals surface area contributed by atoms with Crippen LogP contribution in [0.4, 0.5) is 0 Å². The van der Waals surface area contributed by atoms with Crippen LogP contribution in [0.2, 0.25) is 0 Å². The first-order valence-electron chi connectivity index (χ1n) is 7.19. The van der Waals surface area contributed by atoms with Gasteiger partial charge in [-0.25, -0.2) is 0 Å². The molecule has 2 aliphatic rings. The zero-order chi connectivity index (χ0) is 13.2. The van der Waals surface area contributed by atoms with Crippen molar-refractivity contribution in [3.8, 4) is 0 Å². The van der Waals surface area contributed by atoms with Gasteiger partial charge < -0.3 is 5.32 Å². The van der Waals surface area contributed by atoms with Gasteiger partial charge in [0.05, 0.1) is 5.75 Å². The molecule has 2 nitrogen and oxygen atoms in total. The largest absolute Gasteiger partial charge is 0.352 e. The van der Waals surface area contributed by atoms with Gasteiger partial charge in [0.1, 0.15) is 0 Å². The molecule has 2 fully saturated rings. The molecule has 0 spiro atoms. The van der Waals surface area contributed by atoms with Crippen molar-refractivity contribution in [1.29, 1.82) is 0 Å². The maximum atomic E-state index is 12.0. The summed E-state index contributed by atoms with van der Waals surface area (Å²) in [6.45, 7) is 2.08. The summed E-state index contributed by atoms with van der Waals surface area (Å²) < 4.78 is 0. The fraction of sp³-hybridized carbons (Fsp3) is 0.562. The second kappa shape index (κ2) is 5.58. The van der Waals surface area contributed by atoms with Gasteiger partial charge in [-0.3, -0.25) is 4.79 Å². The second-order valence-electron chi connectivity index (χ2n) is 5.95. The van der Waals surface area contributed by atoms with E-state index < -0.39 is 0 Å². The quantitative estimate of drug-likeness (QED) is 0.853. The molecular weight excluding hydrogens is 254 g/mol. The zero-order valence-electron chi connectivity index (χ0n) is 11.4. The molecule has 3 heteroatoms. The molecule has 2 aliphatic carbocycles. The molecule has 1 amide bonds. The molecule has 2 saturated carbocycles. The highest BCUT2D eigenvalue weighted by Crippen LogP contribution is 2.44. The van der Waals surface area contributed by atoms with Gasteiger partial charge in [0.15, 0.2) is 0 Å². The lowest BCUT2D eigenvalue weighted by atomic mass is 9.95. The fourth-order valence-corrected chi connectivity index (χ4v) is 4.16. The number of carbonyl (C=O) groups excluding carboxylic acids is 1. The maximum Gasteiger partial charge on any atom is 0.230 e. The molecular formula is C16H21NOS. The number of hydrogen-bond acceptors (Lipinski definition) is 2. The van der Waals surface area contributed by atoms with Gasteiger partial charge in [0.25, 0.3) is 0 Å². The predicted molar refractivity (Wildman–Crippen MR) is 79.3 cm³/mol. The van der Waals surface area contributed by atoms with E-state index in [1.807, 2.05) is 0 Å². The van der Waals surface area contributed by atoms with E-state index in [1.54, 1.807) is 11.8 Å². The van der Waals surface area contributed by atoms with E-state index in [-0.39, 0.29) is 5.91 Å². The molecule has 0 unspecified atom stereocenters. The summed E-state index contributed by atoms with van der Waals surface area (Å²) >= 11 is 1.63. The summed E-state index contributed by atoms with van der Waals surface area (Å²) in [7, 11) is 0. The summed E-state index contributed by atoms with van der Waals surface area (Å²) in [5.74, 6) is 2.39. The third-order valence-corrected chi connectivity index (χ3v) is 5.49. The summed E-state index contributed by atoms with van der Waals surface area (Å²) in [6.07, 6.45) is 5.26. The lowest BCUT2D eigenvalue weighted by Crippen LogP contribution is -2.39. The van der Waals surface area contributed by atoms with Crippen LogP contribution in [0, 0.1) is 18.8 Å². The number of rotatable bonds is 4. The maximum absolute atomic E-state index is 12.0. The Morgan fingerprint density at radius 2 is 2.05 bits per heavy atom. The number of nitrogens with one attached hydrogen (secondary N) is 1. The number of hydrogen-bond donors (Lipinski definition) is 1. The van der Waals surface area contributed by atoms with Crippen LogP contribution in [-0.4, -0.2) is 17.7 Å². The van der Waals surface area contributed by atoms with E-state index >= 15 is 0 Å². The van der Waals surface area contributed by atoms with Crippen molar-refractivity contribution in [1.82, 2.24) is 5.32 Å². The summed E-state index contributed by atoms with van der Waals surface area (Å²) in [5, 5.41) is 3.23. The Hall–Kier alpha value is -0.960. The number of carbonyl (C=O) groups is 1. The van der Waals surface area contributed by atoms with E-state index in [4.69, 9.17) is 0 Å². The van der Waals surface area contributed by atoms with Crippen molar-refractivity contribution in [3.63, 3.8) is 0 Å². The standard InChI is InChI=1S/C16H21NOS/c1-11-2-6-14(7-3-11)19-10-16(18)17-15-9-12-4-5-13(15)8-12/h2-3,6-7,12-13,15H,4-5,8-10H2,1H3,(H,17,18)/t12-,13+,15+/m1/s1. The van der Waals surface area contributed by atoms with Gasteiger partial charge in [-0.2, -0.15) is 0 Å². The van der Waals surface area contributed by atoms with Gasteiger partial charge in [-0.05, 0) is 50.2 Å². The minimum absolute atomic E-state index is 0.197. The Morgan fingerprint density at radius 3 is 2.68 bits per heavy atom. The topological polar surface area (TPSA) is 29.1 Å². The van der Waals surface area contributed by atoms with E-state index in [0.29, 0.717) is 11.8 Å². The molecule has 0 aliphatic heterocycles. The SMILES string of the molecule is Cc1ccc(SCC(=O)N[C@H]2C[C@@H]3CC[C@H]2C3)cc1. The van der Waals surface area contributed by atoms with Crippen molar-refractivity contribution in [2.45, 2.75) is 43.5 Å². The van der Waals surface area contributed by atoms with Gasteiger partial charge in [-0.1, -0.05) is 24.1 Å². The number of aryl methyl sites for hydroxylation is 1. The normalized spacial score (nSPS) is 28.6. The minimum atomic E-state index is 0.197. The van der Waals surface area contributed by atoms with E-state index in [2.05, 4.69) is 36.5 Å². The van der Waals surface area contributed by atoms with E-state index in [1.165, 1.54) is 36.1 Å². The Balaban J connectivity index is 1.45. The third kappa shape index (κ3) is 3.14. The van der Waals surface area contributed by atoms with Crippen LogP contribution in [-0.2, 0) is 4.79 Å². The number of thioether (sulfide) groups is 1. The highest BCUT2D eigenvalue weighted by atomic mass is 32.2. The van der Waals surface area contributed by atoms with Gasteiger partial charge in [0.2, 0.25) is 5.91 Å². The van der Waals surface area contributed by atoms with E-state index in [0.717, 1.165) is 11.8 Å². The molecule has 0 saturated heterocycles. The second-order valence-corrected chi connectivity index (χ2v) is 7.00. The zero-order valence-corrected chi connectivity index (χ0v) is 12.2. The van der Waals surface area contributed by atoms with Crippen molar-refractivity contribution < 1.29 is 4.79 Å². The van der Waals surface area contributed by atoms with Crippen LogP contribution in [0.25, 0.3) is 0 Å². The molecule has 0 aromatic heterocycles. The van der Waals surface area contributed by atoms with Crippen molar-refractivity contribution in [2.75, 3.05) is 5.75 Å². The molecule has 2 bridgehead atoms. The third-order valence-electron chi connectivity index (χ3n) is 4.48. The highest BCUT2D eigenvalue weighted by Gasteiger charge is 2.39. The van der Waals surface area contributed by atoms with Crippen molar-refractivity contribution in [3.05, 3.63) is 29.8 Å². The molecule has 3 rings (SSSR count). The molecule has 3 atom stereocenters. The number of amides is 1. The van der Waals surface area contributed by atoms with Crippen molar-refractivity contribution in [2.24, 2.45) is 11.8 Å². The lowest BCUT2D eigenvalue weighted by Gasteiger charge is -2.22. The summed E-state index contributed by atoms with van der Waals surface area (Å²) in [6, 6.07) is 8.83. The fourth-order valence-electron chi connectivity index (χ4n) is 3.45. The molecule has 1 N–H and O–H groups in total. The Bertz CT molecular complexity index is 456. The van der Waals surface area contributed by atoms with Crippen LogP contribution in [0.3, 0.4) is 0 Å². The highest BCUT2D eigenvalue weighted by molar-refractivity contribution is 8.00. The Kier molecular flexibility index (Phi) is 3.83. The summed E-state index contributed by atoms with van der Waals surface area (Å²) in [5.41, 5.74) is 1.26. The van der Waals surface area contributed by atoms with E-state index in [9.17, 15) is 4.79 Å². The smallest absolute Gasteiger partial charge is 0.230 e. The molecule has 0 radical (unpaired) electrons. The monoisotopic (exact) mass is 275 g/mol. The predicted octanol–water partition coefficient (Wildman–Crippen LogP) is 3.39. The van der Waals surface area contributed by atoms with Crippen LogP contribution >= 0.6 is 11.8 Å². The average molecular weight is 275 g/mol. The molecule has 1 aromatic carbocycles. The Morgan fingerprint density at radius 1 is 1.26 bits per heavy atom. The van der Waals surface area contributed by atoms with Crippen molar-refractivity contribution >= 4 is 17.7 Å². The lowest BCUT2D eigenvalue weighted by molar-refractivity contribution is -0.119. The van der Waals surface area contributed by atoms with Crippen LogP contribution in [0.1, 0.15) is 31.2 Å². The molecule has 1 aromatic rings. The van der Waals surface area contributed by atoms with Crippen LogP contribution < -0.4 is 5.32 Å². The first kappa shape index (κ1) is 13.0.